The van der Waals surface area contributed by atoms with Crippen LogP contribution in [-0.2, 0) is 0 Å². The predicted octanol–water partition coefficient (Wildman–Crippen LogP) is 3.58. The smallest absolute Gasteiger partial charge is 0.193 e. The van der Waals surface area contributed by atoms with Crippen LogP contribution in [-0.4, -0.2) is 17.0 Å². The Hall–Kier alpha value is -0.570. The molecule has 0 saturated carbocycles. The lowest BCUT2D eigenvalue weighted by Gasteiger charge is -2.24. The van der Waals surface area contributed by atoms with Gasteiger partial charge in [0.15, 0.2) is 5.78 Å². The van der Waals surface area contributed by atoms with E-state index in [2.05, 4.69) is 0 Å². The van der Waals surface area contributed by atoms with Crippen molar-refractivity contribution >= 4 is 29.0 Å². The van der Waals surface area contributed by atoms with E-state index in [9.17, 15) is 9.90 Å². The van der Waals surface area contributed by atoms with Crippen LogP contribution in [0, 0.1) is 5.41 Å². The van der Waals surface area contributed by atoms with Gasteiger partial charge in [0.1, 0.15) is 6.10 Å². The molecule has 0 aromatic heterocycles. The van der Waals surface area contributed by atoms with Gasteiger partial charge in [0, 0.05) is 10.6 Å². The number of hydrogen-bond donors (Lipinski definition) is 1. The molecule has 0 heterocycles. The summed E-state index contributed by atoms with van der Waals surface area (Å²) in [4.78, 5) is 12.0. The molecule has 1 aromatic carbocycles. The molecule has 0 spiro atoms. The Bertz CT molecular complexity index is 408. The number of carbonyl (C=O) groups excluding carboxylic acids is 1. The number of halogens is 2. The van der Waals surface area contributed by atoms with Crippen LogP contribution in [0.3, 0.4) is 0 Å². The summed E-state index contributed by atoms with van der Waals surface area (Å²) >= 11 is 11.7. The molecule has 0 saturated heterocycles. The van der Waals surface area contributed by atoms with Crippen LogP contribution in [0.25, 0.3) is 0 Å². The Morgan fingerprint density at radius 3 is 2.38 bits per heavy atom. The van der Waals surface area contributed by atoms with Crippen LogP contribution >= 0.6 is 23.2 Å². The first kappa shape index (κ1) is 13.5. The summed E-state index contributed by atoms with van der Waals surface area (Å²) in [6.45, 7) is 5.36. The molecule has 0 aliphatic heterocycles. The summed E-state index contributed by atoms with van der Waals surface area (Å²) in [5.41, 5.74) is -0.264. The summed E-state index contributed by atoms with van der Waals surface area (Å²) in [5, 5.41) is 10.6. The van der Waals surface area contributed by atoms with E-state index in [0.29, 0.717) is 10.0 Å². The van der Waals surface area contributed by atoms with Gasteiger partial charge in [0.25, 0.3) is 0 Å². The van der Waals surface area contributed by atoms with Gasteiger partial charge in [0.05, 0.1) is 5.02 Å². The molecule has 0 fully saturated rings. The van der Waals surface area contributed by atoms with E-state index in [1.165, 1.54) is 6.07 Å². The van der Waals surface area contributed by atoms with Gasteiger partial charge in [-0.25, -0.2) is 0 Å². The average Bonchev–Trinajstić information content (AvgIpc) is 2.18. The van der Waals surface area contributed by atoms with E-state index < -0.39 is 17.3 Å². The van der Waals surface area contributed by atoms with E-state index in [0.717, 1.165) is 0 Å². The van der Waals surface area contributed by atoms with Crippen molar-refractivity contribution in [2.45, 2.75) is 26.9 Å². The Kier molecular flexibility index (Phi) is 4.00. The zero-order chi connectivity index (χ0) is 12.5. The van der Waals surface area contributed by atoms with Crippen LogP contribution in [0.4, 0.5) is 0 Å². The first-order valence-corrected chi connectivity index (χ1v) is 5.66. The van der Waals surface area contributed by atoms with E-state index in [1.807, 2.05) is 0 Å². The third-order valence-corrected chi connectivity index (χ3v) is 2.83. The normalized spacial score (nSPS) is 13.6. The van der Waals surface area contributed by atoms with Crippen molar-refractivity contribution in [2.24, 2.45) is 5.41 Å². The van der Waals surface area contributed by atoms with Gasteiger partial charge in [-0.1, -0.05) is 44.0 Å². The van der Waals surface area contributed by atoms with Gasteiger partial charge >= 0.3 is 0 Å². The maximum absolute atomic E-state index is 12.0. The molecule has 1 aromatic rings. The van der Waals surface area contributed by atoms with Gasteiger partial charge in [-0.05, 0) is 23.6 Å². The number of aliphatic hydroxyl groups is 1. The highest BCUT2D eigenvalue weighted by molar-refractivity contribution is 6.36. The fourth-order valence-corrected chi connectivity index (χ4v) is 1.61. The molecule has 0 bridgehead atoms. The fourth-order valence-electron chi connectivity index (χ4n) is 1.23. The second kappa shape index (κ2) is 4.74. The molecular weight excluding hydrogens is 247 g/mol. The number of rotatable bonds is 2. The third-order valence-electron chi connectivity index (χ3n) is 2.26. The lowest BCUT2D eigenvalue weighted by atomic mass is 9.84. The predicted molar refractivity (Wildman–Crippen MR) is 66.3 cm³/mol. The van der Waals surface area contributed by atoms with Crippen LogP contribution in [0.15, 0.2) is 18.2 Å². The molecule has 1 atom stereocenters. The largest absolute Gasteiger partial charge is 0.384 e. The summed E-state index contributed by atoms with van der Waals surface area (Å²) in [7, 11) is 0. The summed E-state index contributed by atoms with van der Waals surface area (Å²) in [6.07, 6.45) is -1.09. The third kappa shape index (κ3) is 2.97. The summed E-state index contributed by atoms with van der Waals surface area (Å²) < 4.78 is 0. The second-order valence-electron chi connectivity index (χ2n) is 4.76. The molecule has 1 N–H and O–H groups in total. The number of hydrogen-bond acceptors (Lipinski definition) is 2. The van der Waals surface area contributed by atoms with Crippen molar-refractivity contribution in [1.82, 2.24) is 0 Å². The minimum atomic E-state index is -1.09. The average molecular weight is 261 g/mol. The van der Waals surface area contributed by atoms with E-state index in [4.69, 9.17) is 23.2 Å². The number of carbonyl (C=O) groups is 1. The van der Waals surface area contributed by atoms with Gasteiger partial charge in [-0.2, -0.15) is 0 Å². The molecule has 0 radical (unpaired) electrons. The number of Topliss-reactive ketones (excluding diaryl/α,β-unsaturated/α-hetero) is 1. The highest BCUT2D eigenvalue weighted by atomic mass is 35.5. The minimum Gasteiger partial charge on any atom is -0.384 e. The lowest BCUT2D eigenvalue weighted by Crippen LogP contribution is -2.34. The Labute approximate surface area is 105 Å². The molecule has 0 aliphatic rings. The quantitative estimate of drug-likeness (QED) is 0.826. The van der Waals surface area contributed by atoms with Gasteiger partial charge in [-0.3, -0.25) is 4.79 Å². The van der Waals surface area contributed by atoms with Gasteiger partial charge < -0.3 is 5.11 Å². The minimum absolute atomic E-state index is 0.261. The molecule has 0 amide bonds. The lowest BCUT2D eigenvalue weighted by molar-refractivity contribution is 0.0443. The Morgan fingerprint density at radius 1 is 1.31 bits per heavy atom. The maximum Gasteiger partial charge on any atom is 0.193 e. The van der Waals surface area contributed by atoms with E-state index in [1.54, 1.807) is 32.9 Å². The molecular formula is C12H14Cl2O2. The van der Waals surface area contributed by atoms with Crippen molar-refractivity contribution in [3.63, 3.8) is 0 Å². The summed E-state index contributed by atoms with van der Waals surface area (Å²) in [5.74, 6) is -0.403. The summed E-state index contributed by atoms with van der Waals surface area (Å²) in [6, 6.07) is 4.62. The van der Waals surface area contributed by atoms with Gasteiger partial charge in [0.2, 0.25) is 0 Å². The standard InChI is InChI=1S/C12H14Cl2O2/c1-12(2,3)11(16)10(15)8-6-7(13)4-5-9(8)14/h4-6,11,16H,1-3H3. The fraction of sp³-hybridized carbons (Fsp3) is 0.417. The van der Waals surface area contributed by atoms with E-state index >= 15 is 0 Å². The van der Waals surface area contributed by atoms with Crippen molar-refractivity contribution in [2.75, 3.05) is 0 Å². The second-order valence-corrected chi connectivity index (χ2v) is 5.60. The first-order chi connectivity index (χ1) is 7.23. The molecule has 1 rings (SSSR count). The number of ketones is 1. The van der Waals surface area contributed by atoms with Crippen molar-refractivity contribution in [3.8, 4) is 0 Å². The van der Waals surface area contributed by atoms with Crippen LogP contribution in [0.5, 0.6) is 0 Å². The highest BCUT2D eigenvalue weighted by Crippen LogP contribution is 2.27. The molecule has 4 heteroatoms. The zero-order valence-corrected chi connectivity index (χ0v) is 10.9. The first-order valence-electron chi connectivity index (χ1n) is 4.91. The molecule has 2 nitrogen and oxygen atoms in total. The Morgan fingerprint density at radius 2 is 1.88 bits per heavy atom. The van der Waals surface area contributed by atoms with E-state index in [-0.39, 0.29) is 5.56 Å². The van der Waals surface area contributed by atoms with Crippen LogP contribution < -0.4 is 0 Å². The monoisotopic (exact) mass is 260 g/mol. The molecule has 1 unspecified atom stereocenters. The van der Waals surface area contributed by atoms with Crippen molar-refractivity contribution in [3.05, 3.63) is 33.8 Å². The van der Waals surface area contributed by atoms with Crippen LogP contribution in [0.1, 0.15) is 31.1 Å². The number of benzene rings is 1. The molecule has 88 valence electrons. The van der Waals surface area contributed by atoms with Crippen molar-refractivity contribution in [1.29, 1.82) is 0 Å². The maximum atomic E-state index is 12.0. The topological polar surface area (TPSA) is 37.3 Å². The Balaban J connectivity index is 3.10. The van der Waals surface area contributed by atoms with Crippen molar-refractivity contribution < 1.29 is 9.90 Å². The zero-order valence-electron chi connectivity index (χ0n) is 9.42. The van der Waals surface area contributed by atoms with Gasteiger partial charge in [-0.15, -0.1) is 0 Å². The number of aliphatic hydroxyl groups excluding tert-OH is 1. The van der Waals surface area contributed by atoms with Crippen LogP contribution in [0.2, 0.25) is 10.0 Å². The highest BCUT2D eigenvalue weighted by Gasteiger charge is 2.30. The molecule has 16 heavy (non-hydrogen) atoms. The molecule has 0 aliphatic carbocycles. The SMILES string of the molecule is CC(C)(C)C(O)C(=O)c1cc(Cl)ccc1Cl.